The van der Waals surface area contributed by atoms with Gasteiger partial charge in [-0.05, 0) is 57.2 Å². The van der Waals surface area contributed by atoms with Crippen LogP contribution in [0.5, 0.6) is 0 Å². The van der Waals surface area contributed by atoms with Crippen molar-refractivity contribution in [1.82, 2.24) is 8.54 Å². The highest BCUT2D eigenvalue weighted by atomic mass is 35.5. The zero-order valence-corrected chi connectivity index (χ0v) is 21.3. The van der Waals surface area contributed by atoms with E-state index in [1.165, 1.54) is 36.4 Å². The Bertz CT molecular complexity index is 1600. The van der Waals surface area contributed by atoms with Gasteiger partial charge in [0.1, 0.15) is 18.8 Å². The third-order valence-electron chi connectivity index (χ3n) is 4.72. The highest BCUT2D eigenvalue weighted by Crippen LogP contribution is 2.19. The monoisotopic (exact) mass is 534 g/mol. The minimum absolute atomic E-state index is 0.0434. The van der Waals surface area contributed by atoms with Crippen LogP contribution in [0.4, 0.5) is 0 Å². The average molecular weight is 535 g/mol. The lowest BCUT2D eigenvalue weighted by Crippen LogP contribution is -2.45. The molecule has 1 heterocycles. The third kappa shape index (κ3) is 5.58. The van der Waals surface area contributed by atoms with Crippen molar-refractivity contribution in [3.63, 3.8) is 0 Å². The first-order valence-corrected chi connectivity index (χ1v) is 12.4. The second-order valence-corrected chi connectivity index (χ2v) is 10.8. The molecule has 2 aromatic carbocycles. The van der Waals surface area contributed by atoms with E-state index >= 15 is 0 Å². The molecule has 3 aromatic rings. The number of esters is 2. The number of aromatic nitrogens is 2. The smallest absolute Gasteiger partial charge is 0.346 e. The summed E-state index contributed by atoms with van der Waals surface area (Å²) in [6.45, 7) is 7.53. The first-order chi connectivity index (χ1) is 16.8. The Balaban J connectivity index is 2.25. The summed E-state index contributed by atoms with van der Waals surface area (Å²) < 4.78 is 38.0. The number of rotatable bonds is 7. The fraction of sp³-hybridized carbons (Fsp3) is 0.250. The molecule has 10 nitrogen and oxygen atoms in total. The summed E-state index contributed by atoms with van der Waals surface area (Å²) in [6, 6.07) is 8.56. The zero-order valence-electron chi connectivity index (χ0n) is 19.7. The zero-order chi connectivity index (χ0) is 26.8. The predicted molar refractivity (Wildman–Crippen MR) is 133 cm³/mol. The Morgan fingerprint density at radius 1 is 1.11 bits per heavy atom. The van der Waals surface area contributed by atoms with E-state index in [0.717, 1.165) is 16.7 Å². The molecule has 0 saturated carbocycles. The topological polar surface area (TPSA) is 131 Å². The lowest BCUT2D eigenvalue weighted by Gasteiger charge is -2.20. The second kappa shape index (κ2) is 10.1. The van der Waals surface area contributed by atoms with E-state index in [4.69, 9.17) is 21.1 Å². The number of carbonyl (C=O) groups excluding carboxylic acids is 2. The van der Waals surface area contributed by atoms with Gasteiger partial charge in [0.2, 0.25) is 0 Å². The molecule has 0 aliphatic rings. The first-order valence-electron chi connectivity index (χ1n) is 10.6. The molecule has 3 rings (SSSR count). The van der Waals surface area contributed by atoms with E-state index in [1.807, 2.05) is 0 Å². The normalized spacial score (nSPS) is 11.8. The molecule has 0 atom stereocenters. The summed E-state index contributed by atoms with van der Waals surface area (Å²) in [5.41, 5.74) is -3.49. The van der Waals surface area contributed by atoms with Gasteiger partial charge >= 0.3 is 17.6 Å². The summed E-state index contributed by atoms with van der Waals surface area (Å²) in [7, 11) is -4.81. The maximum absolute atomic E-state index is 13.5. The van der Waals surface area contributed by atoms with Crippen molar-refractivity contribution in [2.45, 2.75) is 37.8 Å². The van der Waals surface area contributed by atoms with E-state index < -0.39 is 50.3 Å². The summed E-state index contributed by atoms with van der Waals surface area (Å²) >= 11 is 6.04. The SMILES string of the molecule is C=CCOC(=O)c1cccc(S(=O)(=O)n2c(=O)c3ccc(Cl)cc3n(CC(=O)OC(C)(C)C)c2=O)c1. The van der Waals surface area contributed by atoms with E-state index in [1.54, 1.807) is 20.8 Å². The Kier molecular flexibility index (Phi) is 7.56. The van der Waals surface area contributed by atoms with Crippen LogP contribution in [-0.2, 0) is 30.8 Å². The van der Waals surface area contributed by atoms with Gasteiger partial charge in [-0.1, -0.05) is 30.3 Å². The van der Waals surface area contributed by atoms with Gasteiger partial charge in [0.15, 0.2) is 0 Å². The molecule has 0 radical (unpaired) electrons. The maximum atomic E-state index is 13.5. The number of benzene rings is 2. The molecule has 0 N–H and O–H groups in total. The molecule has 0 bridgehead atoms. The number of ether oxygens (including phenoxy) is 2. The van der Waals surface area contributed by atoms with E-state index in [2.05, 4.69) is 6.58 Å². The molecule has 1 aromatic heterocycles. The Morgan fingerprint density at radius 3 is 2.44 bits per heavy atom. The molecule has 12 heteroatoms. The fourth-order valence-electron chi connectivity index (χ4n) is 3.29. The molecular formula is C24H23ClN2O8S. The molecule has 0 spiro atoms. The molecule has 0 amide bonds. The van der Waals surface area contributed by atoms with Crippen LogP contribution in [0.3, 0.4) is 0 Å². The van der Waals surface area contributed by atoms with Crippen molar-refractivity contribution in [2.75, 3.05) is 6.61 Å². The Labute approximate surface area is 211 Å². The van der Waals surface area contributed by atoms with Crippen LogP contribution in [0, 0.1) is 0 Å². The lowest BCUT2D eigenvalue weighted by molar-refractivity contribution is -0.155. The molecule has 0 aliphatic heterocycles. The standard InChI is InChI=1S/C24H23ClN2O8S/c1-5-11-34-22(30)15-7-6-8-17(12-15)36(32,33)27-21(29)18-10-9-16(25)13-19(18)26(23(27)31)14-20(28)35-24(2,3)4/h5-10,12-13H,1,11,14H2,2-4H3. The van der Waals surface area contributed by atoms with Gasteiger partial charge in [0.05, 0.1) is 21.4 Å². The summed E-state index contributed by atoms with van der Waals surface area (Å²) in [5, 5.41) is -0.0155. The third-order valence-corrected chi connectivity index (χ3v) is 6.61. The minimum atomic E-state index is -4.81. The minimum Gasteiger partial charge on any atom is -0.459 e. The number of fused-ring (bicyclic) bond motifs is 1. The maximum Gasteiger partial charge on any atom is 0.346 e. The summed E-state index contributed by atoms with van der Waals surface area (Å²) in [5.74, 6) is -1.66. The van der Waals surface area contributed by atoms with Crippen LogP contribution < -0.4 is 11.2 Å². The quantitative estimate of drug-likeness (QED) is 0.334. The number of hydrogen-bond donors (Lipinski definition) is 0. The largest absolute Gasteiger partial charge is 0.459 e. The fourth-order valence-corrected chi connectivity index (χ4v) is 4.82. The van der Waals surface area contributed by atoms with Crippen LogP contribution in [0.25, 0.3) is 10.9 Å². The van der Waals surface area contributed by atoms with Crippen molar-refractivity contribution < 1.29 is 27.5 Å². The molecule has 190 valence electrons. The number of hydrogen-bond acceptors (Lipinski definition) is 8. The van der Waals surface area contributed by atoms with Gasteiger partial charge in [0.25, 0.3) is 15.6 Å². The Morgan fingerprint density at radius 2 is 1.81 bits per heavy atom. The van der Waals surface area contributed by atoms with Gasteiger partial charge in [-0.3, -0.25) is 14.2 Å². The lowest BCUT2D eigenvalue weighted by atomic mass is 10.2. The van der Waals surface area contributed by atoms with Crippen molar-refractivity contribution in [3.8, 4) is 0 Å². The second-order valence-electron chi connectivity index (χ2n) is 8.61. The average Bonchev–Trinajstić information content (AvgIpc) is 2.79. The number of halogens is 1. The van der Waals surface area contributed by atoms with Gasteiger partial charge in [-0.2, -0.15) is 0 Å². The van der Waals surface area contributed by atoms with Crippen LogP contribution in [-0.4, -0.2) is 41.1 Å². The van der Waals surface area contributed by atoms with E-state index in [9.17, 15) is 27.6 Å². The van der Waals surface area contributed by atoms with Gasteiger partial charge in [-0.25, -0.2) is 18.0 Å². The van der Waals surface area contributed by atoms with Crippen LogP contribution in [0.1, 0.15) is 31.1 Å². The van der Waals surface area contributed by atoms with Crippen LogP contribution in [0.15, 0.2) is 69.6 Å². The highest BCUT2D eigenvalue weighted by Gasteiger charge is 2.28. The predicted octanol–water partition coefficient (Wildman–Crippen LogP) is 2.74. The highest BCUT2D eigenvalue weighted by molar-refractivity contribution is 7.90. The molecule has 36 heavy (non-hydrogen) atoms. The molecule has 0 saturated heterocycles. The number of carbonyl (C=O) groups is 2. The molecule has 0 fully saturated rings. The van der Waals surface area contributed by atoms with Gasteiger partial charge < -0.3 is 9.47 Å². The van der Waals surface area contributed by atoms with Crippen molar-refractivity contribution in [3.05, 3.63) is 86.5 Å². The molecule has 0 unspecified atom stereocenters. The van der Waals surface area contributed by atoms with Crippen molar-refractivity contribution in [1.29, 1.82) is 0 Å². The van der Waals surface area contributed by atoms with Gasteiger partial charge in [-0.15, -0.1) is 3.97 Å². The van der Waals surface area contributed by atoms with Crippen molar-refractivity contribution in [2.24, 2.45) is 0 Å². The Hall–Kier alpha value is -3.70. The van der Waals surface area contributed by atoms with Crippen molar-refractivity contribution >= 4 is 44.5 Å². The van der Waals surface area contributed by atoms with E-state index in [-0.39, 0.29) is 32.1 Å². The molecule has 0 aliphatic carbocycles. The molecular weight excluding hydrogens is 512 g/mol. The van der Waals surface area contributed by atoms with Crippen LogP contribution >= 0.6 is 11.6 Å². The number of nitrogens with zero attached hydrogens (tertiary/aromatic N) is 2. The van der Waals surface area contributed by atoms with Gasteiger partial charge in [0, 0.05) is 5.02 Å². The first kappa shape index (κ1) is 26.9. The summed E-state index contributed by atoms with van der Waals surface area (Å²) in [4.78, 5) is 50.8. The summed E-state index contributed by atoms with van der Waals surface area (Å²) in [6.07, 6.45) is 1.34. The van der Waals surface area contributed by atoms with Crippen LogP contribution in [0.2, 0.25) is 5.02 Å². The van der Waals surface area contributed by atoms with E-state index in [0.29, 0.717) is 0 Å².